The summed E-state index contributed by atoms with van der Waals surface area (Å²) in [4.78, 5) is 4.13. The fourth-order valence-electron chi connectivity index (χ4n) is 1.94. The SMILES string of the molecule is CCC(N)Cc1ccccc1OCc1cncc(Br)c1. The molecule has 0 bridgehead atoms. The fraction of sp³-hybridized carbons (Fsp3) is 0.312. The Morgan fingerprint density at radius 3 is 2.85 bits per heavy atom. The zero-order chi connectivity index (χ0) is 14.4. The summed E-state index contributed by atoms with van der Waals surface area (Å²) in [7, 11) is 0. The van der Waals surface area contributed by atoms with E-state index >= 15 is 0 Å². The maximum Gasteiger partial charge on any atom is 0.123 e. The van der Waals surface area contributed by atoms with E-state index in [0.717, 1.165) is 34.2 Å². The summed E-state index contributed by atoms with van der Waals surface area (Å²) in [5.41, 5.74) is 8.22. The molecule has 2 rings (SSSR count). The first-order valence-electron chi connectivity index (χ1n) is 6.74. The second kappa shape index (κ2) is 7.41. The molecule has 4 heteroatoms. The van der Waals surface area contributed by atoms with Crippen LogP contribution >= 0.6 is 15.9 Å². The fourth-order valence-corrected chi connectivity index (χ4v) is 2.35. The van der Waals surface area contributed by atoms with Gasteiger partial charge in [-0.15, -0.1) is 0 Å². The molecule has 0 amide bonds. The molecule has 106 valence electrons. The molecule has 0 saturated carbocycles. The molecule has 0 aliphatic heterocycles. The van der Waals surface area contributed by atoms with E-state index in [4.69, 9.17) is 10.5 Å². The van der Waals surface area contributed by atoms with Crippen LogP contribution in [0, 0.1) is 0 Å². The van der Waals surface area contributed by atoms with Crippen LogP contribution in [-0.2, 0) is 13.0 Å². The summed E-state index contributed by atoms with van der Waals surface area (Å²) in [6, 6.07) is 10.2. The van der Waals surface area contributed by atoms with Crippen LogP contribution in [0.1, 0.15) is 24.5 Å². The third-order valence-corrected chi connectivity index (χ3v) is 3.57. The maximum absolute atomic E-state index is 6.03. The van der Waals surface area contributed by atoms with Crippen molar-refractivity contribution in [3.05, 3.63) is 58.3 Å². The van der Waals surface area contributed by atoms with Crippen LogP contribution < -0.4 is 10.5 Å². The molecule has 0 fully saturated rings. The van der Waals surface area contributed by atoms with Crippen molar-refractivity contribution in [2.45, 2.75) is 32.4 Å². The van der Waals surface area contributed by atoms with Gasteiger partial charge in [-0.25, -0.2) is 0 Å². The van der Waals surface area contributed by atoms with E-state index in [2.05, 4.69) is 33.9 Å². The van der Waals surface area contributed by atoms with Crippen molar-refractivity contribution < 1.29 is 4.74 Å². The van der Waals surface area contributed by atoms with Gasteiger partial charge in [-0.2, -0.15) is 0 Å². The van der Waals surface area contributed by atoms with Gasteiger partial charge in [0.1, 0.15) is 12.4 Å². The van der Waals surface area contributed by atoms with Crippen LogP contribution in [0.2, 0.25) is 0 Å². The van der Waals surface area contributed by atoms with Crippen molar-refractivity contribution in [1.82, 2.24) is 4.98 Å². The highest BCUT2D eigenvalue weighted by atomic mass is 79.9. The van der Waals surface area contributed by atoms with Crippen molar-refractivity contribution in [2.24, 2.45) is 5.73 Å². The lowest BCUT2D eigenvalue weighted by atomic mass is 10.0. The number of nitrogens with zero attached hydrogens (tertiary/aromatic N) is 1. The number of para-hydroxylation sites is 1. The Labute approximate surface area is 128 Å². The van der Waals surface area contributed by atoms with E-state index < -0.39 is 0 Å². The lowest BCUT2D eigenvalue weighted by molar-refractivity contribution is 0.301. The second-order valence-corrected chi connectivity index (χ2v) is 5.70. The largest absolute Gasteiger partial charge is 0.489 e. The minimum Gasteiger partial charge on any atom is -0.489 e. The minimum absolute atomic E-state index is 0.173. The van der Waals surface area contributed by atoms with Gasteiger partial charge in [-0.1, -0.05) is 25.1 Å². The van der Waals surface area contributed by atoms with Gasteiger partial charge >= 0.3 is 0 Å². The van der Waals surface area contributed by atoms with E-state index in [-0.39, 0.29) is 6.04 Å². The highest BCUT2D eigenvalue weighted by Crippen LogP contribution is 2.21. The smallest absolute Gasteiger partial charge is 0.123 e. The summed E-state index contributed by atoms with van der Waals surface area (Å²) in [6.07, 6.45) is 5.37. The Hall–Kier alpha value is -1.39. The Morgan fingerprint density at radius 1 is 1.30 bits per heavy atom. The zero-order valence-corrected chi connectivity index (χ0v) is 13.1. The van der Waals surface area contributed by atoms with Crippen LogP contribution in [0.3, 0.4) is 0 Å². The number of halogens is 1. The summed E-state index contributed by atoms with van der Waals surface area (Å²) in [5.74, 6) is 0.899. The van der Waals surface area contributed by atoms with Gasteiger partial charge < -0.3 is 10.5 Å². The van der Waals surface area contributed by atoms with Crippen LogP contribution in [0.15, 0.2) is 47.2 Å². The Bertz CT molecular complexity index is 560. The molecular weight excluding hydrogens is 316 g/mol. The molecule has 0 saturated heterocycles. The molecular formula is C16H19BrN2O. The lowest BCUT2D eigenvalue weighted by Gasteiger charge is -2.14. The molecule has 1 heterocycles. The average molecular weight is 335 g/mol. The summed E-state index contributed by atoms with van der Waals surface area (Å²) in [5, 5.41) is 0. The number of hydrogen-bond donors (Lipinski definition) is 1. The van der Waals surface area contributed by atoms with E-state index in [0.29, 0.717) is 6.61 Å². The molecule has 20 heavy (non-hydrogen) atoms. The third kappa shape index (κ3) is 4.32. The predicted octanol–water partition coefficient (Wildman–Crippen LogP) is 3.70. The molecule has 1 atom stereocenters. The van der Waals surface area contributed by atoms with E-state index in [9.17, 15) is 0 Å². The van der Waals surface area contributed by atoms with E-state index in [1.165, 1.54) is 0 Å². The molecule has 0 aliphatic carbocycles. The number of benzene rings is 1. The third-order valence-electron chi connectivity index (χ3n) is 3.13. The minimum atomic E-state index is 0.173. The number of nitrogens with two attached hydrogens (primary N) is 1. The molecule has 3 nitrogen and oxygen atoms in total. The molecule has 0 spiro atoms. The van der Waals surface area contributed by atoms with Crippen LogP contribution in [0.5, 0.6) is 5.75 Å². The Morgan fingerprint density at radius 2 is 2.10 bits per heavy atom. The molecule has 2 N–H and O–H groups in total. The van der Waals surface area contributed by atoms with Gasteiger partial charge in [0.15, 0.2) is 0 Å². The number of aromatic nitrogens is 1. The molecule has 1 unspecified atom stereocenters. The Balaban J connectivity index is 2.05. The van der Waals surface area contributed by atoms with Crippen molar-refractivity contribution in [3.63, 3.8) is 0 Å². The molecule has 0 radical (unpaired) electrons. The van der Waals surface area contributed by atoms with Gasteiger partial charge in [0.2, 0.25) is 0 Å². The van der Waals surface area contributed by atoms with Gasteiger partial charge in [0.25, 0.3) is 0 Å². The summed E-state index contributed by atoms with van der Waals surface area (Å²) in [6.45, 7) is 2.60. The first-order valence-corrected chi connectivity index (χ1v) is 7.54. The van der Waals surface area contributed by atoms with Gasteiger partial charge in [0.05, 0.1) is 0 Å². The van der Waals surface area contributed by atoms with Crippen molar-refractivity contribution >= 4 is 15.9 Å². The molecule has 1 aromatic heterocycles. The Kier molecular flexibility index (Phi) is 5.56. The number of rotatable bonds is 6. The van der Waals surface area contributed by atoms with Crippen LogP contribution in [-0.4, -0.2) is 11.0 Å². The molecule has 1 aromatic carbocycles. The van der Waals surface area contributed by atoms with Crippen LogP contribution in [0.25, 0.3) is 0 Å². The van der Waals surface area contributed by atoms with Crippen molar-refractivity contribution in [1.29, 1.82) is 0 Å². The van der Waals surface area contributed by atoms with Gasteiger partial charge in [-0.3, -0.25) is 4.98 Å². The second-order valence-electron chi connectivity index (χ2n) is 4.78. The van der Waals surface area contributed by atoms with E-state index in [1.54, 1.807) is 6.20 Å². The average Bonchev–Trinajstić information content (AvgIpc) is 2.46. The quantitative estimate of drug-likeness (QED) is 0.876. The van der Waals surface area contributed by atoms with Gasteiger partial charge in [0, 0.05) is 28.5 Å². The zero-order valence-electron chi connectivity index (χ0n) is 11.6. The number of pyridine rings is 1. The topological polar surface area (TPSA) is 48.1 Å². The first kappa shape index (κ1) is 15.0. The molecule has 0 aliphatic rings. The van der Waals surface area contributed by atoms with Gasteiger partial charge in [-0.05, 0) is 46.5 Å². The number of ether oxygens (including phenoxy) is 1. The summed E-state index contributed by atoms with van der Waals surface area (Å²) < 4.78 is 6.87. The first-order chi connectivity index (χ1) is 9.69. The van der Waals surface area contributed by atoms with Crippen LogP contribution in [0.4, 0.5) is 0 Å². The van der Waals surface area contributed by atoms with E-state index in [1.807, 2.05) is 30.5 Å². The monoisotopic (exact) mass is 334 g/mol. The van der Waals surface area contributed by atoms with Crippen molar-refractivity contribution in [2.75, 3.05) is 0 Å². The normalized spacial score (nSPS) is 12.2. The number of hydrogen-bond acceptors (Lipinski definition) is 3. The highest BCUT2D eigenvalue weighted by Gasteiger charge is 2.07. The lowest BCUT2D eigenvalue weighted by Crippen LogP contribution is -2.21. The standard InChI is InChI=1S/C16H19BrN2O/c1-2-15(18)8-13-5-3-4-6-16(13)20-11-12-7-14(17)10-19-9-12/h3-7,9-10,15H,2,8,11,18H2,1H3. The van der Waals surface area contributed by atoms with Crippen molar-refractivity contribution in [3.8, 4) is 5.75 Å². The molecule has 2 aromatic rings. The maximum atomic E-state index is 6.03. The highest BCUT2D eigenvalue weighted by molar-refractivity contribution is 9.10. The summed E-state index contributed by atoms with van der Waals surface area (Å²) >= 11 is 3.41. The predicted molar refractivity (Wildman–Crippen MR) is 84.7 cm³/mol.